The second-order valence-corrected chi connectivity index (χ2v) is 3.07. The van der Waals surface area contributed by atoms with Crippen molar-refractivity contribution in [3.63, 3.8) is 0 Å². The molecule has 15 heavy (non-hydrogen) atoms. The van der Waals surface area contributed by atoms with E-state index in [1.54, 1.807) is 31.3 Å². The molecule has 0 heterocycles. The maximum Gasteiger partial charge on any atom is 0.267 e. The number of hydrogen-bond donors (Lipinski definition) is 2. The van der Waals surface area contributed by atoms with Crippen LogP contribution in [-0.4, -0.2) is 18.9 Å². The third-order valence-corrected chi connectivity index (χ3v) is 2.11. The van der Waals surface area contributed by atoms with Gasteiger partial charge in [-0.2, -0.15) is 0 Å². The van der Waals surface area contributed by atoms with Crippen LogP contribution in [0.4, 0.5) is 5.69 Å². The van der Waals surface area contributed by atoms with Crippen molar-refractivity contribution in [2.24, 2.45) is 5.84 Å². The van der Waals surface area contributed by atoms with Crippen molar-refractivity contribution in [2.45, 2.75) is 6.92 Å². The summed E-state index contributed by atoms with van der Waals surface area (Å²) in [6, 6.07) is 6.76. The molecular weight excluding hydrogens is 194 g/mol. The first-order valence-electron chi connectivity index (χ1n) is 4.42. The molecule has 0 saturated carbocycles. The number of nitrogens with zero attached hydrogens (tertiary/aromatic N) is 1. The van der Waals surface area contributed by atoms with Gasteiger partial charge in [0.2, 0.25) is 5.91 Å². The average Bonchev–Trinajstić information content (AvgIpc) is 2.27. The molecule has 3 N–H and O–H groups in total. The zero-order chi connectivity index (χ0) is 11.4. The Balaban J connectivity index is 3.17. The predicted molar refractivity (Wildman–Crippen MR) is 57.2 cm³/mol. The van der Waals surface area contributed by atoms with Gasteiger partial charge in [0.15, 0.2) is 0 Å². The van der Waals surface area contributed by atoms with E-state index in [0.29, 0.717) is 11.3 Å². The highest BCUT2D eigenvalue weighted by Crippen LogP contribution is 2.18. The highest BCUT2D eigenvalue weighted by molar-refractivity contribution is 6.03. The van der Waals surface area contributed by atoms with Crippen molar-refractivity contribution in [1.29, 1.82) is 0 Å². The van der Waals surface area contributed by atoms with Gasteiger partial charge in [-0.1, -0.05) is 12.1 Å². The van der Waals surface area contributed by atoms with Gasteiger partial charge in [0, 0.05) is 14.0 Å². The number of hydrazine groups is 1. The third kappa shape index (κ3) is 2.32. The molecule has 80 valence electrons. The van der Waals surface area contributed by atoms with Crippen molar-refractivity contribution in [3.05, 3.63) is 29.8 Å². The third-order valence-electron chi connectivity index (χ3n) is 2.11. The summed E-state index contributed by atoms with van der Waals surface area (Å²) in [5.74, 6) is 4.48. The second-order valence-electron chi connectivity index (χ2n) is 3.07. The van der Waals surface area contributed by atoms with Crippen LogP contribution in [0.15, 0.2) is 24.3 Å². The van der Waals surface area contributed by atoms with E-state index in [4.69, 9.17) is 5.84 Å². The molecule has 0 aliphatic rings. The molecule has 0 unspecified atom stereocenters. The van der Waals surface area contributed by atoms with Gasteiger partial charge in [0.05, 0.1) is 11.3 Å². The summed E-state index contributed by atoms with van der Waals surface area (Å²) in [5, 5.41) is 0. The molecule has 1 aromatic carbocycles. The van der Waals surface area contributed by atoms with E-state index in [1.165, 1.54) is 11.8 Å². The molecule has 0 aromatic heterocycles. The van der Waals surface area contributed by atoms with Crippen molar-refractivity contribution in [3.8, 4) is 0 Å². The normalized spacial score (nSPS) is 9.53. The number of nitrogens with two attached hydrogens (primary N) is 1. The van der Waals surface area contributed by atoms with E-state index in [2.05, 4.69) is 0 Å². The number of rotatable bonds is 2. The summed E-state index contributed by atoms with van der Waals surface area (Å²) in [6.45, 7) is 1.43. The summed E-state index contributed by atoms with van der Waals surface area (Å²) in [4.78, 5) is 24.0. The Hall–Kier alpha value is -1.88. The van der Waals surface area contributed by atoms with Gasteiger partial charge >= 0.3 is 0 Å². The molecule has 5 nitrogen and oxygen atoms in total. The van der Waals surface area contributed by atoms with Crippen molar-refractivity contribution in [2.75, 3.05) is 11.9 Å². The Bertz CT molecular complexity index is 390. The van der Waals surface area contributed by atoms with E-state index in [0.717, 1.165) is 0 Å². The number of carbonyl (C=O) groups is 2. The zero-order valence-electron chi connectivity index (χ0n) is 8.65. The van der Waals surface area contributed by atoms with Crippen LogP contribution in [0.3, 0.4) is 0 Å². The molecule has 0 spiro atoms. The van der Waals surface area contributed by atoms with Crippen LogP contribution < -0.4 is 16.2 Å². The minimum atomic E-state index is -0.418. The molecule has 1 aromatic rings. The average molecular weight is 207 g/mol. The molecule has 0 fully saturated rings. The number of hydrogen-bond acceptors (Lipinski definition) is 3. The highest BCUT2D eigenvalue weighted by Gasteiger charge is 2.14. The molecule has 0 aliphatic heterocycles. The molecule has 5 heteroatoms. The number of nitrogens with one attached hydrogen (secondary N) is 1. The lowest BCUT2D eigenvalue weighted by atomic mass is 10.1. The number of carbonyl (C=O) groups excluding carboxylic acids is 2. The number of anilines is 1. The predicted octanol–water partition coefficient (Wildman–Crippen LogP) is 0.273. The van der Waals surface area contributed by atoms with E-state index in [9.17, 15) is 9.59 Å². The summed E-state index contributed by atoms with van der Waals surface area (Å²) in [6.07, 6.45) is 0. The Labute approximate surface area is 87.8 Å². The summed E-state index contributed by atoms with van der Waals surface area (Å²) in [5.41, 5.74) is 2.95. The molecule has 0 atom stereocenters. The van der Waals surface area contributed by atoms with E-state index in [-0.39, 0.29) is 5.91 Å². The SMILES string of the molecule is CC(=O)N(C)c1ccccc1C(=O)NN. The quantitative estimate of drug-likeness (QED) is 0.415. The van der Waals surface area contributed by atoms with Gasteiger partial charge in [0.25, 0.3) is 5.91 Å². The number of para-hydroxylation sites is 1. The number of nitrogen functional groups attached to an aromatic ring is 1. The van der Waals surface area contributed by atoms with Crippen molar-refractivity contribution < 1.29 is 9.59 Å². The summed E-state index contributed by atoms with van der Waals surface area (Å²) >= 11 is 0. The van der Waals surface area contributed by atoms with Gasteiger partial charge < -0.3 is 4.90 Å². The van der Waals surface area contributed by atoms with Crippen LogP contribution in [0.2, 0.25) is 0 Å². The van der Waals surface area contributed by atoms with Gasteiger partial charge in [-0.3, -0.25) is 15.0 Å². The summed E-state index contributed by atoms with van der Waals surface area (Å²) in [7, 11) is 1.60. The van der Waals surface area contributed by atoms with E-state index >= 15 is 0 Å². The van der Waals surface area contributed by atoms with Gasteiger partial charge in [-0.05, 0) is 12.1 Å². The Kier molecular flexibility index (Phi) is 3.41. The Morgan fingerprint density at radius 1 is 1.33 bits per heavy atom. The van der Waals surface area contributed by atoms with E-state index in [1.807, 2.05) is 5.43 Å². The van der Waals surface area contributed by atoms with Gasteiger partial charge in [-0.15, -0.1) is 0 Å². The van der Waals surface area contributed by atoms with Gasteiger partial charge in [0.1, 0.15) is 0 Å². The first-order valence-corrected chi connectivity index (χ1v) is 4.42. The minimum absolute atomic E-state index is 0.146. The summed E-state index contributed by atoms with van der Waals surface area (Å²) < 4.78 is 0. The van der Waals surface area contributed by atoms with Crippen LogP contribution in [0, 0.1) is 0 Å². The minimum Gasteiger partial charge on any atom is -0.315 e. The van der Waals surface area contributed by atoms with Crippen LogP contribution in [0.25, 0.3) is 0 Å². The molecule has 0 aliphatic carbocycles. The molecule has 0 radical (unpaired) electrons. The molecule has 2 amide bonds. The molecular formula is C10H13N3O2. The highest BCUT2D eigenvalue weighted by atomic mass is 16.2. The monoisotopic (exact) mass is 207 g/mol. The maximum absolute atomic E-state index is 11.4. The molecule has 0 saturated heterocycles. The van der Waals surface area contributed by atoms with Crippen LogP contribution >= 0.6 is 0 Å². The molecule has 1 rings (SSSR count). The van der Waals surface area contributed by atoms with Crippen LogP contribution in [-0.2, 0) is 4.79 Å². The fourth-order valence-electron chi connectivity index (χ4n) is 1.21. The number of amides is 2. The van der Waals surface area contributed by atoms with Gasteiger partial charge in [-0.25, -0.2) is 5.84 Å². The molecule has 0 bridgehead atoms. The topological polar surface area (TPSA) is 75.4 Å². The Morgan fingerprint density at radius 2 is 1.93 bits per heavy atom. The lowest BCUT2D eigenvalue weighted by Crippen LogP contribution is -2.32. The second kappa shape index (κ2) is 4.56. The van der Waals surface area contributed by atoms with Crippen molar-refractivity contribution >= 4 is 17.5 Å². The smallest absolute Gasteiger partial charge is 0.267 e. The Morgan fingerprint density at radius 3 is 2.47 bits per heavy atom. The lowest BCUT2D eigenvalue weighted by Gasteiger charge is -2.17. The maximum atomic E-state index is 11.4. The fraction of sp³-hybridized carbons (Fsp3) is 0.200. The fourth-order valence-corrected chi connectivity index (χ4v) is 1.21. The van der Waals surface area contributed by atoms with Crippen LogP contribution in [0.5, 0.6) is 0 Å². The van der Waals surface area contributed by atoms with Crippen molar-refractivity contribution in [1.82, 2.24) is 5.43 Å². The zero-order valence-corrected chi connectivity index (χ0v) is 8.65. The standard InChI is InChI=1S/C10H13N3O2/c1-7(14)13(2)9-6-4-3-5-8(9)10(15)12-11/h3-6H,11H2,1-2H3,(H,12,15). The number of benzene rings is 1. The largest absolute Gasteiger partial charge is 0.315 e. The first kappa shape index (κ1) is 11.2. The van der Waals surface area contributed by atoms with E-state index < -0.39 is 5.91 Å². The van der Waals surface area contributed by atoms with Crippen LogP contribution in [0.1, 0.15) is 17.3 Å². The lowest BCUT2D eigenvalue weighted by molar-refractivity contribution is -0.116. The first-order chi connectivity index (χ1) is 7.07.